The maximum absolute atomic E-state index is 5.77. The topological polar surface area (TPSA) is 38.5 Å². The van der Waals surface area contributed by atoms with Gasteiger partial charge >= 0.3 is 0 Å². The number of ether oxygens (including phenoxy) is 1. The Morgan fingerprint density at radius 2 is 2.24 bits per heavy atom. The highest BCUT2D eigenvalue weighted by atomic mass is 79.9. The van der Waals surface area contributed by atoms with E-state index in [-0.39, 0.29) is 6.04 Å². The van der Waals surface area contributed by atoms with E-state index in [0.29, 0.717) is 11.6 Å². The predicted molar refractivity (Wildman–Crippen MR) is 79.8 cm³/mol. The second-order valence-electron chi connectivity index (χ2n) is 3.91. The lowest BCUT2D eigenvalue weighted by Crippen LogP contribution is -2.34. The molecule has 1 aromatic rings. The van der Waals surface area contributed by atoms with Crippen molar-refractivity contribution in [2.24, 2.45) is 5.73 Å². The first-order chi connectivity index (χ1) is 7.99. The van der Waals surface area contributed by atoms with Gasteiger partial charge in [-0.25, -0.2) is 0 Å². The second-order valence-corrected chi connectivity index (χ2v) is 5.21. The summed E-state index contributed by atoms with van der Waals surface area (Å²) in [7, 11) is 3.70. The number of benzene rings is 1. The maximum Gasteiger partial charge on any atom is 0.107 e. The number of nitrogens with two attached hydrogens (primary N) is 1. The van der Waals surface area contributed by atoms with Crippen LogP contribution >= 0.6 is 28.1 Å². The zero-order valence-electron chi connectivity index (χ0n) is 10.2. The van der Waals surface area contributed by atoms with Crippen LogP contribution in [0.2, 0.25) is 0 Å². The number of nitrogens with zero attached hydrogens (tertiary/aromatic N) is 1. The van der Waals surface area contributed by atoms with Crippen molar-refractivity contribution in [2.75, 3.05) is 25.7 Å². The van der Waals surface area contributed by atoms with Gasteiger partial charge in [0.15, 0.2) is 0 Å². The van der Waals surface area contributed by atoms with Crippen LogP contribution in [0.15, 0.2) is 22.7 Å². The molecular formula is C12H17BrN2OS. The highest BCUT2D eigenvalue weighted by molar-refractivity contribution is 9.10. The molecule has 94 valence electrons. The Hall–Kier alpha value is -0.650. The summed E-state index contributed by atoms with van der Waals surface area (Å²) >= 11 is 8.58. The SMILES string of the molecule is COCC(C)N(C)c1cccc(Br)c1C(N)=S. The molecule has 3 nitrogen and oxygen atoms in total. The summed E-state index contributed by atoms with van der Waals surface area (Å²) < 4.78 is 6.08. The van der Waals surface area contributed by atoms with E-state index >= 15 is 0 Å². The molecule has 0 aliphatic heterocycles. The molecule has 1 atom stereocenters. The van der Waals surface area contributed by atoms with Crippen molar-refractivity contribution in [1.29, 1.82) is 0 Å². The van der Waals surface area contributed by atoms with Gasteiger partial charge in [-0.1, -0.05) is 18.3 Å². The molecule has 0 fully saturated rings. The number of halogens is 1. The van der Waals surface area contributed by atoms with E-state index in [0.717, 1.165) is 15.7 Å². The molecule has 0 aliphatic rings. The molecule has 0 aromatic heterocycles. The summed E-state index contributed by atoms with van der Waals surface area (Å²) in [4.78, 5) is 2.51. The number of anilines is 1. The minimum Gasteiger partial charge on any atom is -0.389 e. The molecule has 0 saturated heterocycles. The van der Waals surface area contributed by atoms with Gasteiger partial charge < -0.3 is 15.4 Å². The molecule has 0 radical (unpaired) electrons. The fourth-order valence-electron chi connectivity index (χ4n) is 1.64. The molecule has 17 heavy (non-hydrogen) atoms. The van der Waals surface area contributed by atoms with Crippen LogP contribution in [-0.2, 0) is 4.74 Å². The van der Waals surface area contributed by atoms with Gasteiger partial charge in [-0.05, 0) is 35.0 Å². The Labute approximate surface area is 116 Å². The Balaban J connectivity index is 3.13. The third-order valence-corrected chi connectivity index (χ3v) is 3.55. The van der Waals surface area contributed by atoms with Crippen molar-refractivity contribution in [3.8, 4) is 0 Å². The summed E-state index contributed by atoms with van der Waals surface area (Å²) in [5.41, 5.74) is 7.65. The number of thiocarbonyl (C=S) groups is 1. The number of hydrogen-bond donors (Lipinski definition) is 1. The van der Waals surface area contributed by atoms with Gasteiger partial charge in [0.05, 0.1) is 6.61 Å². The first-order valence-corrected chi connectivity index (χ1v) is 6.49. The normalized spacial score (nSPS) is 12.2. The van der Waals surface area contributed by atoms with E-state index in [1.165, 1.54) is 0 Å². The minimum atomic E-state index is 0.252. The molecule has 0 amide bonds. The summed E-state index contributed by atoms with van der Waals surface area (Å²) in [6, 6.07) is 6.16. The molecule has 2 N–H and O–H groups in total. The molecule has 1 rings (SSSR count). The van der Waals surface area contributed by atoms with E-state index in [1.807, 2.05) is 25.2 Å². The fraction of sp³-hybridized carbons (Fsp3) is 0.417. The van der Waals surface area contributed by atoms with Crippen LogP contribution in [0.3, 0.4) is 0 Å². The van der Waals surface area contributed by atoms with Crippen molar-refractivity contribution < 1.29 is 4.74 Å². The van der Waals surface area contributed by atoms with Gasteiger partial charge in [0, 0.05) is 35.9 Å². The van der Waals surface area contributed by atoms with Crippen LogP contribution in [0.25, 0.3) is 0 Å². The zero-order valence-corrected chi connectivity index (χ0v) is 12.6. The van der Waals surface area contributed by atoms with E-state index in [4.69, 9.17) is 22.7 Å². The molecule has 0 heterocycles. The highest BCUT2D eigenvalue weighted by Gasteiger charge is 2.16. The van der Waals surface area contributed by atoms with Gasteiger partial charge in [0.1, 0.15) is 4.99 Å². The van der Waals surface area contributed by atoms with Crippen molar-refractivity contribution in [3.63, 3.8) is 0 Å². The Morgan fingerprint density at radius 3 is 2.76 bits per heavy atom. The van der Waals surface area contributed by atoms with Crippen molar-refractivity contribution in [3.05, 3.63) is 28.2 Å². The Kier molecular flexibility index (Phi) is 5.36. The quantitative estimate of drug-likeness (QED) is 0.847. The lowest BCUT2D eigenvalue weighted by atomic mass is 10.1. The van der Waals surface area contributed by atoms with E-state index in [1.54, 1.807) is 7.11 Å². The Morgan fingerprint density at radius 1 is 1.59 bits per heavy atom. The summed E-state index contributed by atoms with van der Waals surface area (Å²) in [6.07, 6.45) is 0. The monoisotopic (exact) mass is 316 g/mol. The second kappa shape index (κ2) is 6.33. The van der Waals surface area contributed by atoms with Gasteiger partial charge in [-0.2, -0.15) is 0 Å². The number of likely N-dealkylation sites (N-methyl/N-ethyl adjacent to an activating group) is 1. The largest absolute Gasteiger partial charge is 0.389 e. The number of rotatable bonds is 5. The van der Waals surface area contributed by atoms with Gasteiger partial charge in [0.2, 0.25) is 0 Å². The first-order valence-electron chi connectivity index (χ1n) is 5.29. The van der Waals surface area contributed by atoms with Crippen LogP contribution in [-0.4, -0.2) is 31.8 Å². The predicted octanol–water partition coefficient (Wildman–Crippen LogP) is 2.55. The van der Waals surface area contributed by atoms with Crippen LogP contribution in [0, 0.1) is 0 Å². The lowest BCUT2D eigenvalue weighted by Gasteiger charge is -2.28. The van der Waals surface area contributed by atoms with Crippen LogP contribution in [0.1, 0.15) is 12.5 Å². The average Bonchev–Trinajstić information content (AvgIpc) is 2.27. The molecule has 0 aliphatic carbocycles. The standard InChI is InChI=1S/C12H17BrN2OS/c1-8(7-16-3)15(2)10-6-4-5-9(13)11(10)12(14)17/h4-6,8H,7H2,1-3H3,(H2,14,17). The minimum absolute atomic E-state index is 0.252. The lowest BCUT2D eigenvalue weighted by molar-refractivity contribution is 0.183. The molecule has 0 saturated carbocycles. The highest BCUT2D eigenvalue weighted by Crippen LogP contribution is 2.28. The summed E-state index contributed by atoms with van der Waals surface area (Å²) in [5.74, 6) is 0. The van der Waals surface area contributed by atoms with E-state index in [2.05, 4.69) is 27.8 Å². The Bertz CT molecular complexity index is 411. The smallest absolute Gasteiger partial charge is 0.107 e. The summed E-state index contributed by atoms with van der Waals surface area (Å²) in [5, 5.41) is 0. The van der Waals surface area contributed by atoms with E-state index in [9.17, 15) is 0 Å². The van der Waals surface area contributed by atoms with Gasteiger partial charge in [-0.15, -0.1) is 0 Å². The van der Waals surface area contributed by atoms with Crippen molar-refractivity contribution in [2.45, 2.75) is 13.0 Å². The zero-order chi connectivity index (χ0) is 13.0. The van der Waals surface area contributed by atoms with Gasteiger partial charge in [0.25, 0.3) is 0 Å². The average molecular weight is 317 g/mol. The first kappa shape index (κ1) is 14.4. The third-order valence-electron chi connectivity index (χ3n) is 2.69. The van der Waals surface area contributed by atoms with Crippen LogP contribution in [0.4, 0.5) is 5.69 Å². The van der Waals surface area contributed by atoms with Crippen LogP contribution in [0.5, 0.6) is 0 Å². The van der Waals surface area contributed by atoms with Crippen molar-refractivity contribution >= 4 is 38.8 Å². The molecular weight excluding hydrogens is 300 g/mol. The molecule has 1 aromatic carbocycles. The fourth-order valence-corrected chi connectivity index (χ4v) is 2.56. The third kappa shape index (κ3) is 3.40. The molecule has 0 bridgehead atoms. The van der Waals surface area contributed by atoms with Crippen LogP contribution < -0.4 is 10.6 Å². The number of methoxy groups -OCH3 is 1. The van der Waals surface area contributed by atoms with E-state index < -0.39 is 0 Å². The molecule has 5 heteroatoms. The number of hydrogen-bond acceptors (Lipinski definition) is 3. The molecule has 1 unspecified atom stereocenters. The maximum atomic E-state index is 5.77. The van der Waals surface area contributed by atoms with Gasteiger partial charge in [-0.3, -0.25) is 0 Å². The molecule has 0 spiro atoms. The summed E-state index contributed by atoms with van der Waals surface area (Å²) in [6.45, 7) is 2.74. The van der Waals surface area contributed by atoms with Crippen molar-refractivity contribution in [1.82, 2.24) is 0 Å².